The summed E-state index contributed by atoms with van der Waals surface area (Å²) in [4.78, 5) is 22.3. The summed E-state index contributed by atoms with van der Waals surface area (Å²) in [6.45, 7) is 6.11. The van der Waals surface area contributed by atoms with Crippen LogP contribution in [0.25, 0.3) is 0 Å². The van der Waals surface area contributed by atoms with E-state index in [1.165, 1.54) is 0 Å². The van der Waals surface area contributed by atoms with Crippen LogP contribution < -0.4 is 10.6 Å². The molecule has 0 bridgehead atoms. The lowest BCUT2D eigenvalue weighted by atomic mass is 10.0. The molecular weight excluding hydrogens is 232 g/mol. The number of carboxylic acid groups (broad SMARTS) is 1. The molecule has 5 nitrogen and oxygen atoms in total. The van der Waals surface area contributed by atoms with Gasteiger partial charge in [-0.05, 0) is 25.7 Å². The van der Waals surface area contributed by atoms with Crippen molar-refractivity contribution in [1.82, 2.24) is 10.6 Å². The summed E-state index contributed by atoms with van der Waals surface area (Å²) < 4.78 is 0. The maximum atomic E-state index is 11.5. The van der Waals surface area contributed by atoms with Gasteiger partial charge >= 0.3 is 12.0 Å². The second-order valence-electron chi connectivity index (χ2n) is 4.79. The van der Waals surface area contributed by atoms with Crippen molar-refractivity contribution in [3.63, 3.8) is 0 Å². The summed E-state index contributed by atoms with van der Waals surface area (Å²) in [6, 6.07) is -1.52. The van der Waals surface area contributed by atoms with Crippen LogP contribution in [-0.2, 0) is 4.79 Å². The Balaban J connectivity index is 4.08. The Morgan fingerprint density at radius 2 is 1.83 bits per heavy atom. The second-order valence-corrected chi connectivity index (χ2v) is 4.79. The molecule has 0 aromatic heterocycles. The first-order valence-electron chi connectivity index (χ1n) is 6.10. The molecule has 0 aliphatic heterocycles. The van der Waals surface area contributed by atoms with Crippen molar-refractivity contribution in [2.45, 2.75) is 52.1 Å². The maximum absolute atomic E-state index is 11.5. The van der Waals surface area contributed by atoms with E-state index in [-0.39, 0.29) is 12.5 Å². The average molecular weight is 254 g/mol. The molecule has 0 heterocycles. The first-order valence-corrected chi connectivity index (χ1v) is 6.10. The van der Waals surface area contributed by atoms with Crippen LogP contribution in [0.2, 0.25) is 0 Å². The lowest BCUT2D eigenvalue weighted by molar-refractivity contribution is -0.139. The summed E-state index contributed by atoms with van der Waals surface area (Å²) in [5.41, 5.74) is 0. The van der Waals surface area contributed by atoms with Crippen molar-refractivity contribution in [3.05, 3.63) is 0 Å². The molecule has 18 heavy (non-hydrogen) atoms. The highest BCUT2D eigenvalue weighted by molar-refractivity contribution is 5.82. The van der Waals surface area contributed by atoms with Crippen LogP contribution in [-0.4, -0.2) is 29.2 Å². The lowest BCUT2D eigenvalue weighted by Crippen LogP contribution is -2.48. The second kappa shape index (κ2) is 8.40. The number of carboxylic acids is 1. The molecule has 102 valence electrons. The molecule has 0 aliphatic carbocycles. The van der Waals surface area contributed by atoms with Gasteiger partial charge in [0.15, 0.2) is 0 Å². The summed E-state index contributed by atoms with van der Waals surface area (Å²) in [5, 5.41) is 13.9. The highest BCUT2D eigenvalue weighted by atomic mass is 16.4. The first-order chi connectivity index (χ1) is 8.36. The van der Waals surface area contributed by atoms with Gasteiger partial charge in [-0.1, -0.05) is 13.8 Å². The van der Waals surface area contributed by atoms with Gasteiger partial charge in [0.1, 0.15) is 6.04 Å². The van der Waals surface area contributed by atoms with Crippen molar-refractivity contribution < 1.29 is 14.7 Å². The number of aliphatic carboxylic acids is 1. The highest BCUT2D eigenvalue weighted by Crippen LogP contribution is 2.06. The fourth-order valence-corrected chi connectivity index (χ4v) is 1.40. The van der Waals surface area contributed by atoms with Gasteiger partial charge in [-0.25, -0.2) is 9.59 Å². The van der Waals surface area contributed by atoms with E-state index >= 15 is 0 Å². The molecule has 0 radical (unpaired) electrons. The van der Waals surface area contributed by atoms with E-state index in [4.69, 9.17) is 11.5 Å². The third kappa shape index (κ3) is 7.55. The van der Waals surface area contributed by atoms with Crippen LogP contribution in [0, 0.1) is 18.3 Å². The Kier molecular flexibility index (Phi) is 7.61. The van der Waals surface area contributed by atoms with Crippen LogP contribution in [0.15, 0.2) is 0 Å². The third-order valence-corrected chi connectivity index (χ3v) is 2.48. The predicted octanol–water partition coefficient (Wildman–Crippen LogP) is 1.59. The first kappa shape index (κ1) is 16.3. The van der Waals surface area contributed by atoms with Crippen molar-refractivity contribution in [3.8, 4) is 12.3 Å². The normalized spacial score (nSPS) is 13.5. The fourth-order valence-electron chi connectivity index (χ4n) is 1.40. The van der Waals surface area contributed by atoms with Crippen molar-refractivity contribution in [2.75, 3.05) is 0 Å². The Hall–Kier alpha value is -1.70. The molecule has 2 unspecified atom stereocenters. The SMILES string of the molecule is C#CCC(NC(=O)NC(C)CCC(C)C)C(=O)O. The van der Waals surface area contributed by atoms with Gasteiger partial charge < -0.3 is 15.7 Å². The molecule has 0 rings (SSSR count). The molecule has 0 aliphatic rings. The van der Waals surface area contributed by atoms with Crippen LogP contribution in [0.3, 0.4) is 0 Å². The van der Waals surface area contributed by atoms with Gasteiger partial charge in [0.2, 0.25) is 0 Å². The molecule has 2 amide bonds. The smallest absolute Gasteiger partial charge is 0.327 e. The van der Waals surface area contributed by atoms with Crippen molar-refractivity contribution >= 4 is 12.0 Å². The zero-order chi connectivity index (χ0) is 14.1. The number of hydrogen-bond acceptors (Lipinski definition) is 2. The Morgan fingerprint density at radius 1 is 1.22 bits per heavy atom. The number of rotatable bonds is 7. The van der Waals surface area contributed by atoms with E-state index in [9.17, 15) is 9.59 Å². The monoisotopic (exact) mass is 254 g/mol. The van der Waals surface area contributed by atoms with Gasteiger partial charge in [-0.2, -0.15) is 0 Å². The minimum atomic E-state index is -1.13. The lowest BCUT2D eigenvalue weighted by Gasteiger charge is -2.17. The van der Waals surface area contributed by atoms with E-state index < -0.39 is 18.0 Å². The summed E-state index contributed by atoms with van der Waals surface area (Å²) in [5.74, 6) is 1.67. The van der Waals surface area contributed by atoms with E-state index in [0.29, 0.717) is 5.92 Å². The molecule has 0 saturated carbocycles. The zero-order valence-electron chi connectivity index (χ0n) is 11.2. The number of terminal acetylenes is 1. The van der Waals surface area contributed by atoms with Crippen LogP contribution in [0.5, 0.6) is 0 Å². The van der Waals surface area contributed by atoms with Gasteiger partial charge in [-0.3, -0.25) is 0 Å². The molecule has 0 spiro atoms. The highest BCUT2D eigenvalue weighted by Gasteiger charge is 2.19. The number of hydrogen-bond donors (Lipinski definition) is 3. The van der Waals surface area contributed by atoms with Crippen LogP contribution in [0.1, 0.15) is 40.0 Å². The molecule has 2 atom stereocenters. The van der Waals surface area contributed by atoms with Gasteiger partial charge in [0.25, 0.3) is 0 Å². The summed E-state index contributed by atoms with van der Waals surface area (Å²) >= 11 is 0. The Morgan fingerprint density at radius 3 is 2.28 bits per heavy atom. The Bertz CT molecular complexity index is 321. The van der Waals surface area contributed by atoms with E-state index in [0.717, 1.165) is 12.8 Å². The predicted molar refractivity (Wildman–Crippen MR) is 70.1 cm³/mol. The number of carbonyl (C=O) groups excluding carboxylic acids is 1. The number of amides is 2. The molecule has 5 heteroatoms. The molecule has 0 aromatic rings. The molecular formula is C13H22N2O3. The number of carbonyl (C=O) groups is 2. The topological polar surface area (TPSA) is 78.4 Å². The fraction of sp³-hybridized carbons (Fsp3) is 0.692. The maximum Gasteiger partial charge on any atom is 0.327 e. The number of nitrogens with one attached hydrogen (secondary N) is 2. The van der Waals surface area contributed by atoms with Gasteiger partial charge in [0.05, 0.1) is 0 Å². The van der Waals surface area contributed by atoms with Gasteiger partial charge in [0, 0.05) is 12.5 Å². The number of urea groups is 1. The van der Waals surface area contributed by atoms with Crippen LogP contribution >= 0.6 is 0 Å². The zero-order valence-corrected chi connectivity index (χ0v) is 11.2. The largest absolute Gasteiger partial charge is 0.480 e. The van der Waals surface area contributed by atoms with Crippen molar-refractivity contribution in [2.24, 2.45) is 5.92 Å². The standard InChI is InChI=1S/C13H22N2O3/c1-5-6-11(12(16)17)15-13(18)14-10(4)8-7-9(2)3/h1,9-11H,6-8H2,2-4H3,(H,16,17)(H2,14,15,18). The molecule has 0 saturated heterocycles. The molecule has 3 N–H and O–H groups in total. The van der Waals surface area contributed by atoms with E-state index in [2.05, 4.69) is 30.4 Å². The quantitative estimate of drug-likeness (QED) is 0.604. The summed E-state index contributed by atoms with van der Waals surface area (Å²) in [6.07, 6.45) is 6.88. The minimum Gasteiger partial charge on any atom is -0.480 e. The van der Waals surface area contributed by atoms with E-state index in [1.807, 2.05) is 6.92 Å². The minimum absolute atomic E-state index is 0.00711. The van der Waals surface area contributed by atoms with E-state index in [1.54, 1.807) is 0 Å². The molecule has 0 fully saturated rings. The Labute approximate surface area is 108 Å². The van der Waals surface area contributed by atoms with Gasteiger partial charge in [-0.15, -0.1) is 12.3 Å². The third-order valence-electron chi connectivity index (χ3n) is 2.48. The van der Waals surface area contributed by atoms with Crippen molar-refractivity contribution in [1.29, 1.82) is 0 Å². The summed E-state index contributed by atoms with van der Waals surface area (Å²) in [7, 11) is 0. The molecule has 0 aromatic carbocycles. The average Bonchev–Trinajstić information content (AvgIpc) is 2.25. The van der Waals surface area contributed by atoms with Crippen LogP contribution in [0.4, 0.5) is 4.79 Å².